The molecule has 1 aliphatic rings. The van der Waals surface area contributed by atoms with Crippen LogP contribution in [0.5, 0.6) is 0 Å². The molecule has 2 rings (SSSR count). The Labute approximate surface area is 124 Å². The second kappa shape index (κ2) is 8.43. The molecule has 1 aliphatic heterocycles. The Kier molecular flexibility index (Phi) is 6.55. The second-order valence-corrected chi connectivity index (χ2v) is 6.02. The van der Waals surface area contributed by atoms with E-state index in [0.29, 0.717) is 12.1 Å². The topological polar surface area (TPSA) is 15.3 Å². The first-order valence-electron chi connectivity index (χ1n) is 8.37. The fraction of sp³-hybridized carbons (Fsp3) is 0.667. The molecule has 0 bridgehead atoms. The van der Waals surface area contributed by atoms with Crippen molar-refractivity contribution in [2.45, 2.75) is 58.0 Å². The molecule has 1 heterocycles. The number of unbranched alkanes of at least 4 members (excludes halogenated alkanes) is 2. The molecule has 2 nitrogen and oxygen atoms in total. The number of benzene rings is 1. The Morgan fingerprint density at radius 1 is 1.10 bits per heavy atom. The Hall–Kier alpha value is -0.860. The monoisotopic (exact) mass is 274 g/mol. The lowest BCUT2D eigenvalue weighted by molar-refractivity contribution is 0.124. The molecule has 1 N–H and O–H groups in total. The molecule has 1 saturated heterocycles. The molecular formula is C18H30N2. The zero-order valence-corrected chi connectivity index (χ0v) is 13.1. The molecule has 112 valence electrons. The lowest BCUT2D eigenvalue weighted by Gasteiger charge is -2.41. The van der Waals surface area contributed by atoms with Crippen molar-refractivity contribution >= 4 is 0 Å². The molecule has 0 spiro atoms. The van der Waals surface area contributed by atoms with Gasteiger partial charge in [0.2, 0.25) is 0 Å². The molecule has 0 aromatic heterocycles. The minimum Gasteiger partial charge on any atom is -0.311 e. The lowest BCUT2D eigenvalue weighted by Crippen LogP contribution is -2.52. The van der Waals surface area contributed by atoms with Gasteiger partial charge in [-0.2, -0.15) is 0 Å². The van der Waals surface area contributed by atoms with Crippen molar-refractivity contribution in [3.05, 3.63) is 35.9 Å². The average Bonchev–Trinajstić information content (AvgIpc) is 2.49. The van der Waals surface area contributed by atoms with Crippen molar-refractivity contribution in [1.29, 1.82) is 0 Å². The third-order valence-corrected chi connectivity index (χ3v) is 4.37. The van der Waals surface area contributed by atoms with Crippen molar-refractivity contribution in [3.63, 3.8) is 0 Å². The van der Waals surface area contributed by atoms with Crippen LogP contribution in [0.15, 0.2) is 30.3 Å². The number of hydrogen-bond acceptors (Lipinski definition) is 2. The molecule has 2 atom stereocenters. The third kappa shape index (κ3) is 4.32. The highest BCUT2D eigenvalue weighted by Gasteiger charge is 2.27. The Morgan fingerprint density at radius 3 is 2.60 bits per heavy atom. The highest BCUT2D eigenvalue weighted by molar-refractivity contribution is 5.20. The Balaban J connectivity index is 2.00. The summed E-state index contributed by atoms with van der Waals surface area (Å²) in [5.74, 6) is 0. The van der Waals surface area contributed by atoms with Gasteiger partial charge in [-0.3, -0.25) is 4.90 Å². The van der Waals surface area contributed by atoms with Crippen molar-refractivity contribution in [2.24, 2.45) is 0 Å². The van der Waals surface area contributed by atoms with Gasteiger partial charge >= 0.3 is 0 Å². The highest BCUT2D eigenvalue weighted by atomic mass is 15.2. The number of hydrogen-bond donors (Lipinski definition) is 1. The van der Waals surface area contributed by atoms with Crippen LogP contribution in [0.25, 0.3) is 0 Å². The molecule has 0 aliphatic carbocycles. The minimum absolute atomic E-state index is 0.557. The summed E-state index contributed by atoms with van der Waals surface area (Å²) in [6, 6.07) is 12.2. The molecule has 1 aromatic carbocycles. The maximum atomic E-state index is 3.75. The summed E-state index contributed by atoms with van der Waals surface area (Å²) in [7, 11) is 0. The van der Waals surface area contributed by atoms with Crippen LogP contribution in [0.3, 0.4) is 0 Å². The zero-order chi connectivity index (χ0) is 14.2. The van der Waals surface area contributed by atoms with Crippen LogP contribution in [0, 0.1) is 0 Å². The summed E-state index contributed by atoms with van der Waals surface area (Å²) in [6.45, 7) is 8.12. The molecule has 0 radical (unpaired) electrons. The number of rotatable bonds is 7. The average molecular weight is 274 g/mol. The van der Waals surface area contributed by atoms with Gasteiger partial charge in [0, 0.05) is 25.2 Å². The first-order valence-corrected chi connectivity index (χ1v) is 8.37. The van der Waals surface area contributed by atoms with Crippen LogP contribution in [-0.2, 0) is 0 Å². The van der Waals surface area contributed by atoms with E-state index in [0.717, 1.165) is 6.54 Å². The van der Waals surface area contributed by atoms with Crippen LogP contribution < -0.4 is 5.32 Å². The smallest absolute Gasteiger partial charge is 0.0473 e. The van der Waals surface area contributed by atoms with Crippen LogP contribution in [-0.4, -0.2) is 30.6 Å². The van der Waals surface area contributed by atoms with Gasteiger partial charge < -0.3 is 5.32 Å². The van der Waals surface area contributed by atoms with Gasteiger partial charge in [-0.15, -0.1) is 0 Å². The van der Waals surface area contributed by atoms with Gasteiger partial charge in [-0.05, 0) is 24.9 Å². The molecule has 1 aromatic rings. The second-order valence-electron chi connectivity index (χ2n) is 6.02. The molecule has 0 amide bonds. The van der Waals surface area contributed by atoms with E-state index in [-0.39, 0.29) is 0 Å². The molecule has 2 heteroatoms. The minimum atomic E-state index is 0.557. The van der Waals surface area contributed by atoms with Gasteiger partial charge in [0.1, 0.15) is 0 Å². The number of nitrogens with one attached hydrogen (secondary N) is 1. The quantitative estimate of drug-likeness (QED) is 0.756. The normalized spacial score (nSPS) is 23.9. The van der Waals surface area contributed by atoms with Crippen molar-refractivity contribution in [2.75, 3.05) is 19.6 Å². The van der Waals surface area contributed by atoms with Crippen LogP contribution >= 0.6 is 0 Å². The maximum Gasteiger partial charge on any atom is 0.0473 e. The van der Waals surface area contributed by atoms with Gasteiger partial charge in [-0.1, -0.05) is 63.4 Å². The fourth-order valence-corrected chi connectivity index (χ4v) is 3.24. The van der Waals surface area contributed by atoms with Gasteiger partial charge in [0.05, 0.1) is 0 Å². The summed E-state index contributed by atoms with van der Waals surface area (Å²) in [6.07, 6.45) is 6.56. The Morgan fingerprint density at radius 2 is 1.90 bits per heavy atom. The SMILES string of the molecule is CCCCCN1CC(CCC)NCC1c1ccccc1. The van der Waals surface area contributed by atoms with E-state index in [9.17, 15) is 0 Å². The van der Waals surface area contributed by atoms with Crippen molar-refractivity contribution in [1.82, 2.24) is 10.2 Å². The molecule has 1 fully saturated rings. The summed E-state index contributed by atoms with van der Waals surface area (Å²) in [5, 5.41) is 3.75. The fourth-order valence-electron chi connectivity index (χ4n) is 3.24. The third-order valence-electron chi connectivity index (χ3n) is 4.37. The summed E-state index contributed by atoms with van der Waals surface area (Å²) in [4.78, 5) is 2.71. The van der Waals surface area contributed by atoms with Gasteiger partial charge in [0.15, 0.2) is 0 Å². The largest absolute Gasteiger partial charge is 0.311 e. The molecule has 2 unspecified atom stereocenters. The molecule has 20 heavy (non-hydrogen) atoms. The van der Waals surface area contributed by atoms with Crippen molar-refractivity contribution < 1.29 is 0 Å². The van der Waals surface area contributed by atoms with E-state index in [2.05, 4.69) is 54.4 Å². The Bertz CT molecular complexity index is 363. The van der Waals surface area contributed by atoms with Crippen molar-refractivity contribution in [3.8, 4) is 0 Å². The van der Waals surface area contributed by atoms with Crippen LogP contribution in [0.2, 0.25) is 0 Å². The van der Waals surface area contributed by atoms with E-state index >= 15 is 0 Å². The predicted octanol–water partition coefficient (Wildman–Crippen LogP) is 3.99. The summed E-state index contributed by atoms with van der Waals surface area (Å²) >= 11 is 0. The first kappa shape index (κ1) is 15.5. The van der Waals surface area contributed by atoms with Gasteiger partial charge in [0.25, 0.3) is 0 Å². The number of piperazine rings is 1. The van der Waals surface area contributed by atoms with E-state index in [1.54, 1.807) is 0 Å². The summed E-state index contributed by atoms with van der Waals surface area (Å²) in [5.41, 5.74) is 1.46. The van der Waals surface area contributed by atoms with E-state index in [1.807, 2.05) is 0 Å². The predicted molar refractivity (Wildman–Crippen MR) is 87.0 cm³/mol. The first-order chi connectivity index (χ1) is 9.85. The van der Waals surface area contributed by atoms with E-state index in [4.69, 9.17) is 0 Å². The number of nitrogens with zero attached hydrogens (tertiary/aromatic N) is 1. The van der Waals surface area contributed by atoms with Crippen LogP contribution in [0.4, 0.5) is 0 Å². The lowest BCUT2D eigenvalue weighted by atomic mass is 9.99. The molecular weight excluding hydrogens is 244 g/mol. The standard InChI is InChI=1S/C18H30N2/c1-3-5-9-13-20-15-17(10-4-2)19-14-18(20)16-11-7-6-8-12-16/h6-8,11-12,17-19H,3-5,9-10,13-15H2,1-2H3. The van der Waals surface area contributed by atoms with Crippen LogP contribution in [0.1, 0.15) is 57.6 Å². The van der Waals surface area contributed by atoms with Gasteiger partial charge in [-0.25, -0.2) is 0 Å². The van der Waals surface area contributed by atoms with E-state index < -0.39 is 0 Å². The highest BCUT2D eigenvalue weighted by Crippen LogP contribution is 2.25. The summed E-state index contributed by atoms with van der Waals surface area (Å²) < 4.78 is 0. The van der Waals surface area contributed by atoms with E-state index in [1.165, 1.54) is 50.8 Å². The molecule has 0 saturated carbocycles. The maximum absolute atomic E-state index is 3.75. The zero-order valence-electron chi connectivity index (χ0n) is 13.1.